The van der Waals surface area contributed by atoms with Gasteiger partial charge in [-0.2, -0.15) is 0 Å². The number of aryl methyl sites for hydroxylation is 2. The molecule has 7 aromatic heterocycles. The Labute approximate surface area is 283 Å². The third-order valence-corrected chi connectivity index (χ3v) is 12.3. The first kappa shape index (κ1) is 31.3. The van der Waals surface area contributed by atoms with Crippen molar-refractivity contribution in [2.75, 3.05) is 5.75 Å². The molecule has 7 rings (SSSR count). The fraction of sp³-hybridized carbons (Fsp3) is 0.294. The molecular formula is C34H34N8O2S3. The fourth-order valence-electron chi connectivity index (χ4n) is 5.54. The molecule has 13 heteroatoms. The van der Waals surface area contributed by atoms with E-state index < -0.39 is 10.8 Å². The highest BCUT2D eigenvalue weighted by molar-refractivity contribution is 7.87. The Morgan fingerprint density at radius 3 is 2.28 bits per heavy atom. The Bertz CT molecular complexity index is 2260. The van der Waals surface area contributed by atoms with Crippen LogP contribution >= 0.6 is 22.7 Å². The average Bonchev–Trinajstić information content (AvgIpc) is 3.91. The summed E-state index contributed by atoms with van der Waals surface area (Å²) in [5.74, 6) is 2.96. The van der Waals surface area contributed by atoms with Crippen LogP contribution in [0.2, 0.25) is 0 Å². The summed E-state index contributed by atoms with van der Waals surface area (Å²) in [6.45, 7) is 8.18. The number of aromatic nitrogens is 8. The maximum Gasteiger partial charge on any atom is 0.245 e. The van der Waals surface area contributed by atoms with Crippen LogP contribution in [0.3, 0.4) is 0 Å². The number of oxazole rings is 1. The molecule has 0 aromatic carbocycles. The lowest BCUT2D eigenvalue weighted by molar-refractivity contribution is 0.571. The highest BCUT2D eigenvalue weighted by Crippen LogP contribution is 2.39. The molecule has 0 bridgehead atoms. The van der Waals surface area contributed by atoms with E-state index in [4.69, 9.17) is 19.4 Å². The predicted molar refractivity (Wildman–Crippen MR) is 188 cm³/mol. The summed E-state index contributed by atoms with van der Waals surface area (Å²) in [7, 11) is 2.96. The minimum atomic E-state index is -1.06. The topological polar surface area (TPSA) is 117 Å². The van der Waals surface area contributed by atoms with Gasteiger partial charge in [-0.05, 0) is 51.0 Å². The second-order valence-corrected chi connectivity index (χ2v) is 15.2. The van der Waals surface area contributed by atoms with E-state index in [1.54, 1.807) is 23.8 Å². The van der Waals surface area contributed by atoms with Crippen LogP contribution in [0.1, 0.15) is 48.4 Å². The number of fused-ring (bicyclic) bond motifs is 1. The third kappa shape index (κ3) is 5.87. The van der Waals surface area contributed by atoms with Crippen molar-refractivity contribution in [3.63, 3.8) is 0 Å². The van der Waals surface area contributed by atoms with Crippen LogP contribution in [0.4, 0.5) is 0 Å². The molecule has 47 heavy (non-hydrogen) atoms. The standard InChI is InChI=1S/C34H34N8O2S3/c1-7-8-11-47(43)31-15-25-24(30-17-37-21(4)42(30)6)14-28(40-33(25)46-31)34-38-22(18-45-34)12-26-19(2)23(29-16-36-20(3)41(29)5)13-27(39-26)32-35-9-10-44-32/h9-10,13-18H,7-8,11-12H2,1-6H3. The van der Waals surface area contributed by atoms with Crippen molar-refractivity contribution in [1.82, 2.24) is 39.0 Å². The molecule has 0 saturated carbocycles. The van der Waals surface area contributed by atoms with Crippen molar-refractivity contribution in [3.8, 4) is 44.8 Å². The molecular weight excluding hydrogens is 649 g/mol. The number of pyridine rings is 2. The average molecular weight is 683 g/mol. The molecule has 0 aliphatic heterocycles. The Morgan fingerprint density at radius 1 is 0.894 bits per heavy atom. The van der Waals surface area contributed by atoms with Gasteiger partial charge in [-0.1, -0.05) is 13.3 Å². The van der Waals surface area contributed by atoms with Gasteiger partial charge in [0, 0.05) is 48.2 Å². The Hall–Kier alpha value is -4.33. The number of hydrogen-bond donors (Lipinski definition) is 0. The number of nitrogens with zero attached hydrogens (tertiary/aromatic N) is 8. The maximum atomic E-state index is 13.1. The van der Waals surface area contributed by atoms with Crippen molar-refractivity contribution < 1.29 is 8.63 Å². The molecule has 0 amide bonds. The van der Waals surface area contributed by atoms with E-state index in [-0.39, 0.29) is 0 Å². The molecule has 0 spiro atoms. The molecule has 0 radical (unpaired) electrons. The fourth-order valence-corrected chi connectivity index (χ4v) is 8.97. The molecule has 1 atom stereocenters. The zero-order valence-electron chi connectivity index (χ0n) is 27.1. The molecule has 1 unspecified atom stereocenters. The van der Waals surface area contributed by atoms with Crippen LogP contribution in [0.25, 0.3) is 55.0 Å². The predicted octanol–water partition coefficient (Wildman–Crippen LogP) is 7.69. The largest absolute Gasteiger partial charge is 0.443 e. The molecule has 7 heterocycles. The molecule has 7 aromatic rings. The monoisotopic (exact) mass is 682 g/mol. The lowest BCUT2D eigenvalue weighted by Crippen LogP contribution is -2.03. The summed E-state index contributed by atoms with van der Waals surface area (Å²) in [6, 6.07) is 6.14. The summed E-state index contributed by atoms with van der Waals surface area (Å²) in [4.78, 5) is 29.4. The highest BCUT2D eigenvalue weighted by Gasteiger charge is 2.21. The normalized spacial score (nSPS) is 12.4. The van der Waals surface area contributed by atoms with E-state index in [1.807, 2.05) is 52.5 Å². The molecule has 0 aliphatic rings. The molecule has 0 N–H and O–H groups in total. The first-order valence-corrected chi connectivity index (χ1v) is 18.4. The third-order valence-electron chi connectivity index (χ3n) is 8.53. The van der Waals surface area contributed by atoms with Crippen LogP contribution in [0.5, 0.6) is 0 Å². The van der Waals surface area contributed by atoms with Crippen molar-refractivity contribution >= 4 is 43.7 Å². The quantitative estimate of drug-likeness (QED) is 0.144. The zero-order chi connectivity index (χ0) is 32.8. The number of rotatable bonds is 10. The van der Waals surface area contributed by atoms with Gasteiger partial charge in [-0.15, -0.1) is 22.7 Å². The minimum Gasteiger partial charge on any atom is -0.443 e. The summed E-state index contributed by atoms with van der Waals surface area (Å²) in [6.07, 6.45) is 9.42. The summed E-state index contributed by atoms with van der Waals surface area (Å²) in [5.41, 5.74) is 8.28. The summed E-state index contributed by atoms with van der Waals surface area (Å²) < 4.78 is 23.8. The summed E-state index contributed by atoms with van der Waals surface area (Å²) >= 11 is 3.06. The van der Waals surface area contributed by atoms with E-state index in [9.17, 15) is 4.21 Å². The van der Waals surface area contributed by atoms with Crippen molar-refractivity contribution in [2.45, 2.75) is 51.2 Å². The smallest absolute Gasteiger partial charge is 0.245 e. The van der Waals surface area contributed by atoms with Crippen molar-refractivity contribution in [1.29, 1.82) is 0 Å². The lowest BCUT2D eigenvalue weighted by Gasteiger charge is -2.13. The van der Waals surface area contributed by atoms with Crippen LogP contribution < -0.4 is 0 Å². The van der Waals surface area contributed by atoms with Crippen LogP contribution in [0.15, 0.2) is 57.1 Å². The Balaban J connectivity index is 1.29. The molecule has 240 valence electrons. The van der Waals surface area contributed by atoms with E-state index in [2.05, 4.69) is 49.4 Å². The summed E-state index contributed by atoms with van der Waals surface area (Å²) in [5, 5.41) is 3.87. The zero-order valence-corrected chi connectivity index (χ0v) is 29.5. The van der Waals surface area contributed by atoms with Gasteiger partial charge in [0.05, 0.1) is 56.4 Å². The lowest BCUT2D eigenvalue weighted by atomic mass is 10.0. The van der Waals surface area contributed by atoms with E-state index in [1.165, 1.54) is 11.3 Å². The van der Waals surface area contributed by atoms with Crippen molar-refractivity contribution in [3.05, 3.63) is 77.0 Å². The Morgan fingerprint density at radius 2 is 1.62 bits per heavy atom. The second-order valence-electron chi connectivity index (χ2n) is 11.5. The van der Waals surface area contributed by atoms with Crippen LogP contribution in [0, 0.1) is 20.8 Å². The van der Waals surface area contributed by atoms with Gasteiger partial charge in [-0.25, -0.2) is 29.9 Å². The van der Waals surface area contributed by atoms with E-state index >= 15 is 0 Å². The van der Waals surface area contributed by atoms with Gasteiger partial charge >= 0.3 is 0 Å². The first-order chi connectivity index (χ1) is 22.7. The second kappa shape index (κ2) is 12.7. The van der Waals surface area contributed by atoms with Gasteiger partial charge in [-0.3, -0.25) is 4.21 Å². The van der Waals surface area contributed by atoms with E-state index in [0.717, 1.165) is 89.1 Å². The van der Waals surface area contributed by atoms with Gasteiger partial charge < -0.3 is 13.6 Å². The number of hydrogen-bond acceptors (Lipinski definition) is 10. The van der Waals surface area contributed by atoms with Gasteiger partial charge in [0.15, 0.2) is 0 Å². The van der Waals surface area contributed by atoms with Crippen LogP contribution in [-0.2, 0) is 31.3 Å². The van der Waals surface area contributed by atoms with Gasteiger partial charge in [0.25, 0.3) is 0 Å². The number of thiophene rings is 1. The van der Waals surface area contributed by atoms with Crippen molar-refractivity contribution in [2.24, 2.45) is 14.1 Å². The Kier molecular flexibility index (Phi) is 8.45. The van der Waals surface area contributed by atoms with Gasteiger partial charge in [0.2, 0.25) is 5.89 Å². The molecule has 0 aliphatic carbocycles. The molecule has 0 fully saturated rings. The first-order valence-electron chi connectivity index (χ1n) is 15.4. The molecule has 0 saturated heterocycles. The van der Waals surface area contributed by atoms with Gasteiger partial charge in [0.1, 0.15) is 39.1 Å². The van der Waals surface area contributed by atoms with E-state index in [0.29, 0.717) is 23.8 Å². The number of unbranched alkanes of at least 4 members (excludes halogenated alkanes) is 1. The highest BCUT2D eigenvalue weighted by atomic mass is 32.2. The van der Waals surface area contributed by atoms with Crippen LogP contribution in [-0.4, -0.2) is 49.0 Å². The number of imidazole rings is 2. The maximum absolute atomic E-state index is 13.1. The molecule has 10 nitrogen and oxygen atoms in total. The SMILES string of the molecule is CCCCS(=O)c1cc2c(-c3cnc(C)n3C)cc(-c3nc(Cc4nc(-c5ncco5)cc(-c5cnc(C)n5C)c4C)cs3)nc2s1. The minimum absolute atomic E-state index is 0.465. The number of thiazole rings is 1.